The third kappa shape index (κ3) is 5.35. The zero-order valence-electron chi connectivity index (χ0n) is 23.3. The first-order chi connectivity index (χ1) is 18.7. The zero-order chi connectivity index (χ0) is 28.3. The number of likely N-dealkylation sites (tertiary alicyclic amines) is 1. The summed E-state index contributed by atoms with van der Waals surface area (Å²) in [6.07, 6.45) is 0.516. The zero-order valence-corrected chi connectivity index (χ0v) is 23.3. The van der Waals surface area contributed by atoms with Gasteiger partial charge in [0.15, 0.2) is 0 Å². The topological polar surface area (TPSA) is 85.3 Å². The van der Waals surface area contributed by atoms with E-state index in [2.05, 4.69) is 0 Å². The van der Waals surface area contributed by atoms with E-state index < -0.39 is 17.7 Å². The lowest BCUT2D eigenvalue weighted by Gasteiger charge is -2.27. The molecule has 0 saturated carbocycles. The van der Waals surface area contributed by atoms with Gasteiger partial charge in [-0.2, -0.15) is 0 Å². The van der Waals surface area contributed by atoms with E-state index >= 15 is 0 Å². The van der Waals surface area contributed by atoms with Crippen molar-refractivity contribution in [3.8, 4) is 17.2 Å². The van der Waals surface area contributed by atoms with Crippen LogP contribution in [0.3, 0.4) is 0 Å². The van der Waals surface area contributed by atoms with Gasteiger partial charge < -0.3 is 24.2 Å². The summed E-state index contributed by atoms with van der Waals surface area (Å²) in [5.74, 6) is 0.501. The number of carbonyl (C=O) groups excluding carboxylic acids is 2. The van der Waals surface area contributed by atoms with E-state index in [-0.39, 0.29) is 23.8 Å². The van der Waals surface area contributed by atoms with Crippen molar-refractivity contribution < 1.29 is 28.9 Å². The van der Waals surface area contributed by atoms with Crippen LogP contribution in [0.25, 0.3) is 5.76 Å². The number of methoxy groups -OCH3 is 3. The van der Waals surface area contributed by atoms with E-state index in [0.717, 1.165) is 22.4 Å². The summed E-state index contributed by atoms with van der Waals surface area (Å²) in [5.41, 5.74) is 3.79. The molecule has 1 amide bonds. The van der Waals surface area contributed by atoms with Gasteiger partial charge in [0, 0.05) is 17.7 Å². The minimum Gasteiger partial charge on any atom is -0.507 e. The van der Waals surface area contributed by atoms with Gasteiger partial charge in [0.2, 0.25) is 0 Å². The first kappa shape index (κ1) is 27.8. The summed E-state index contributed by atoms with van der Waals surface area (Å²) in [6, 6.07) is 17.7. The molecule has 0 aromatic heterocycles. The number of aryl methyl sites for hydroxylation is 1. The summed E-state index contributed by atoms with van der Waals surface area (Å²) >= 11 is 0. The smallest absolute Gasteiger partial charge is 0.295 e. The van der Waals surface area contributed by atoms with Crippen LogP contribution in [-0.4, -0.2) is 49.6 Å². The summed E-state index contributed by atoms with van der Waals surface area (Å²) in [7, 11) is 4.76. The minimum atomic E-state index is -0.816. The Kier molecular flexibility index (Phi) is 8.29. The molecule has 0 spiro atoms. The van der Waals surface area contributed by atoms with Crippen molar-refractivity contribution in [2.75, 3.05) is 27.9 Å². The third-order valence-corrected chi connectivity index (χ3v) is 7.23. The second-order valence-electron chi connectivity index (χ2n) is 9.90. The highest BCUT2D eigenvalue weighted by Crippen LogP contribution is 2.44. The summed E-state index contributed by atoms with van der Waals surface area (Å²) in [5, 5.41) is 11.7. The van der Waals surface area contributed by atoms with Crippen molar-refractivity contribution in [2.24, 2.45) is 0 Å². The Morgan fingerprint density at radius 3 is 2.21 bits per heavy atom. The van der Waals surface area contributed by atoms with Gasteiger partial charge in [0.05, 0.1) is 32.9 Å². The Hall–Kier alpha value is -4.26. The van der Waals surface area contributed by atoms with Crippen LogP contribution in [0.2, 0.25) is 0 Å². The van der Waals surface area contributed by atoms with Crippen LogP contribution >= 0.6 is 0 Å². The Labute approximate surface area is 229 Å². The molecule has 3 aromatic rings. The summed E-state index contributed by atoms with van der Waals surface area (Å²) < 4.78 is 16.4. The van der Waals surface area contributed by atoms with Gasteiger partial charge in [-0.3, -0.25) is 9.59 Å². The van der Waals surface area contributed by atoms with Crippen molar-refractivity contribution in [1.82, 2.24) is 4.90 Å². The highest BCUT2D eigenvalue weighted by Gasteiger charge is 2.47. The number of ketones is 1. The number of ether oxygens (including phenoxy) is 3. The van der Waals surface area contributed by atoms with Crippen molar-refractivity contribution >= 4 is 17.4 Å². The van der Waals surface area contributed by atoms with E-state index in [9.17, 15) is 14.7 Å². The van der Waals surface area contributed by atoms with Gasteiger partial charge in [-0.25, -0.2) is 0 Å². The lowest BCUT2D eigenvalue weighted by Crippen LogP contribution is -2.31. The lowest BCUT2D eigenvalue weighted by atomic mass is 9.90. The molecule has 39 heavy (non-hydrogen) atoms. The monoisotopic (exact) mass is 529 g/mol. The fraction of sp³-hybridized carbons (Fsp3) is 0.312. The van der Waals surface area contributed by atoms with Crippen LogP contribution in [-0.2, 0) is 16.0 Å². The number of hydrogen-bond donors (Lipinski definition) is 1. The summed E-state index contributed by atoms with van der Waals surface area (Å²) in [4.78, 5) is 28.6. The van der Waals surface area contributed by atoms with Gasteiger partial charge in [-0.1, -0.05) is 44.2 Å². The van der Waals surface area contributed by atoms with Crippen LogP contribution in [0.5, 0.6) is 17.2 Å². The molecule has 3 aromatic carbocycles. The molecular weight excluding hydrogens is 494 g/mol. The quantitative estimate of drug-likeness (QED) is 0.214. The number of amides is 1. The predicted molar refractivity (Wildman–Crippen MR) is 151 cm³/mol. The second-order valence-corrected chi connectivity index (χ2v) is 9.90. The van der Waals surface area contributed by atoms with Gasteiger partial charge >= 0.3 is 0 Å². The maximum absolute atomic E-state index is 13.6. The number of nitrogens with zero attached hydrogens (tertiary/aromatic N) is 1. The first-order valence-corrected chi connectivity index (χ1v) is 12.9. The first-order valence-electron chi connectivity index (χ1n) is 12.9. The van der Waals surface area contributed by atoms with Crippen LogP contribution in [0.1, 0.15) is 53.6 Å². The van der Waals surface area contributed by atoms with Crippen molar-refractivity contribution in [3.63, 3.8) is 0 Å². The Morgan fingerprint density at radius 2 is 1.59 bits per heavy atom. The second kappa shape index (κ2) is 11.6. The van der Waals surface area contributed by atoms with Crippen molar-refractivity contribution in [3.05, 3.63) is 94.1 Å². The van der Waals surface area contributed by atoms with E-state index in [1.807, 2.05) is 75.4 Å². The van der Waals surface area contributed by atoms with Crippen molar-refractivity contribution in [2.45, 2.75) is 39.2 Å². The number of aliphatic hydroxyl groups excluding tert-OH is 1. The highest BCUT2D eigenvalue weighted by molar-refractivity contribution is 6.46. The largest absolute Gasteiger partial charge is 0.507 e. The van der Waals surface area contributed by atoms with E-state index in [1.54, 1.807) is 27.4 Å². The van der Waals surface area contributed by atoms with Gasteiger partial charge in [0.1, 0.15) is 23.0 Å². The fourth-order valence-corrected chi connectivity index (χ4v) is 5.09. The van der Waals surface area contributed by atoms with Crippen LogP contribution < -0.4 is 14.2 Å². The predicted octanol–water partition coefficient (Wildman–Crippen LogP) is 5.81. The molecule has 1 N–H and O–H groups in total. The molecule has 1 unspecified atom stereocenters. The average molecular weight is 530 g/mol. The highest BCUT2D eigenvalue weighted by atomic mass is 16.5. The molecule has 1 saturated heterocycles. The minimum absolute atomic E-state index is 0.0437. The van der Waals surface area contributed by atoms with Gasteiger partial charge in [-0.05, 0) is 66.3 Å². The molecule has 1 aliphatic heterocycles. The lowest BCUT2D eigenvalue weighted by molar-refractivity contribution is -0.139. The molecule has 1 atom stereocenters. The van der Waals surface area contributed by atoms with Gasteiger partial charge in [0.25, 0.3) is 11.7 Å². The number of carbonyl (C=O) groups is 2. The van der Waals surface area contributed by atoms with E-state index in [1.165, 1.54) is 4.90 Å². The number of rotatable bonds is 9. The van der Waals surface area contributed by atoms with Crippen molar-refractivity contribution in [1.29, 1.82) is 0 Å². The molecule has 204 valence electrons. The van der Waals surface area contributed by atoms with Crippen LogP contribution in [0, 0.1) is 6.92 Å². The third-order valence-electron chi connectivity index (χ3n) is 7.23. The number of aliphatic hydroxyl groups is 1. The Morgan fingerprint density at radius 1 is 0.923 bits per heavy atom. The SMILES string of the molecule is COc1ccc(CCN2C(=O)C(=O)/C(=C(/O)c3cc(C(C)C)c(OC)cc3C)C2c2ccccc2OC)cc1. The molecule has 1 aliphatic rings. The Balaban J connectivity index is 1.85. The normalized spacial score (nSPS) is 16.6. The number of Topliss-reactive ketones (excluding diaryl/α,β-unsaturated/α-hetero) is 1. The van der Waals surface area contributed by atoms with Crippen LogP contribution in [0.4, 0.5) is 0 Å². The number of benzene rings is 3. The Bertz CT molecular complexity index is 1410. The molecule has 7 heteroatoms. The average Bonchev–Trinajstić information content (AvgIpc) is 3.20. The molecule has 1 heterocycles. The molecular formula is C32H35NO6. The van der Waals surface area contributed by atoms with E-state index in [0.29, 0.717) is 29.0 Å². The maximum atomic E-state index is 13.6. The maximum Gasteiger partial charge on any atom is 0.295 e. The fourth-order valence-electron chi connectivity index (χ4n) is 5.09. The summed E-state index contributed by atoms with van der Waals surface area (Å²) in [6.45, 7) is 6.18. The van der Waals surface area contributed by atoms with Crippen LogP contribution in [0.15, 0.2) is 66.2 Å². The molecule has 0 bridgehead atoms. The standard InChI is InChI=1S/C32H35NO6/c1-19(2)24-18-25(20(3)17-27(24)39-6)30(34)28-29(23-9-7-8-10-26(23)38-5)33(32(36)31(28)35)16-15-21-11-13-22(37-4)14-12-21/h7-14,17-19,29,34H,15-16H2,1-6H3/b30-28+. The van der Waals surface area contributed by atoms with E-state index in [4.69, 9.17) is 14.2 Å². The molecule has 7 nitrogen and oxygen atoms in total. The number of hydrogen-bond acceptors (Lipinski definition) is 6. The number of para-hydroxylation sites is 1. The molecule has 0 radical (unpaired) electrons. The van der Waals surface area contributed by atoms with Gasteiger partial charge in [-0.15, -0.1) is 0 Å². The molecule has 0 aliphatic carbocycles. The molecule has 4 rings (SSSR count). The molecule has 1 fully saturated rings.